The van der Waals surface area contributed by atoms with Crippen molar-refractivity contribution in [1.29, 1.82) is 5.26 Å². The lowest BCUT2D eigenvalue weighted by atomic mass is 10.1. The van der Waals surface area contributed by atoms with E-state index in [4.69, 9.17) is 4.74 Å². The van der Waals surface area contributed by atoms with Gasteiger partial charge in [0.05, 0.1) is 34.5 Å². The fourth-order valence-corrected chi connectivity index (χ4v) is 4.32. The number of aromatic nitrogens is 3. The summed E-state index contributed by atoms with van der Waals surface area (Å²) in [4.78, 5) is 24.6. The van der Waals surface area contributed by atoms with E-state index in [9.17, 15) is 23.2 Å². The van der Waals surface area contributed by atoms with E-state index in [-0.39, 0.29) is 28.6 Å². The number of halogens is 3. The minimum absolute atomic E-state index is 0.0306. The molecular weight excluding hydrogens is 549 g/mol. The standard InChI is InChI=1S/C29H29F3N8O2/c1-17(30)27(41)35-21-12-22(25(42-28(31)32)13-24(21)39(4)11-10-38(2)3)36-29-34-15-18(14-33)26(37-29)20-16-40(5)23-9-7-6-8-19(20)23/h6-9,12-13,15-16,28H,1,10-11H2,2-5H3,(H,35,41)(H,34,36,37). The van der Waals surface area contributed by atoms with Crippen LogP contribution < -0.4 is 20.3 Å². The van der Waals surface area contributed by atoms with Crippen LogP contribution in [-0.2, 0) is 11.8 Å². The van der Waals surface area contributed by atoms with Crippen molar-refractivity contribution in [3.05, 3.63) is 66.8 Å². The Kier molecular flexibility index (Phi) is 8.97. The number of anilines is 4. The van der Waals surface area contributed by atoms with Gasteiger partial charge in [-0.1, -0.05) is 24.8 Å². The molecule has 10 nitrogen and oxygen atoms in total. The summed E-state index contributed by atoms with van der Waals surface area (Å²) in [5, 5.41) is 15.9. The van der Waals surface area contributed by atoms with Gasteiger partial charge in [-0.15, -0.1) is 0 Å². The Bertz CT molecular complexity index is 1680. The van der Waals surface area contributed by atoms with Crippen LogP contribution in [-0.4, -0.2) is 66.2 Å². The van der Waals surface area contributed by atoms with E-state index in [1.165, 1.54) is 18.3 Å². The maximum absolute atomic E-state index is 13.6. The molecule has 42 heavy (non-hydrogen) atoms. The zero-order valence-electron chi connectivity index (χ0n) is 23.5. The lowest BCUT2D eigenvalue weighted by Gasteiger charge is -2.26. The number of nitrogens with one attached hydrogen (secondary N) is 2. The van der Waals surface area contributed by atoms with Crippen LogP contribution in [0.15, 0.2) is 61.2 Å². The number of ether oxygens (including phenoxy) is 1. The maximum Gasteiger partial charge on any atom is 0.387 e. The third-order valence-electron chi connectivity index (χ3n) is 6.41. The van der Waals surface area contributed by atoms with Gasteiger partial charge >= 0.3 is 6.61 Å². The fourth-order valence-electron chi connectivity index (χ4n) is 4.32. The Hall–Kier alpha value is -5.09. The molecule has 1 amide bonds. The molecule has 13 heteroatoms. The molecular formula is C29H29F3N8O2. The zero-order valence-corrected chi connectivity index (χ0v) is 23.5. The van der Waals surface area contributed by atoms with Crippen molar-refractivity contribution >= 4 is 39.8 Å². The van der Waals surface area contributed by atoms with Crippen LogP contribution in [0.2, 0.25) is 0 Å². The van der Waals surface area contributed by atoms with Crippen molar-refractivity contribution in [2.75, 3.05) is 49.8 Å². The minimum atomic E-state index is -3.18. The highest BCUT2D eigenvalue weighted by Crippen LogP contribution is 2.39. The van der Waals surface area contributed by atoms with Crippen molar-refractivity contribution in [2.24, 2.45) is 7.05 Å². The van der Waals surface area contributed by atoms with E-state index in [0.717, 1.165) is 10.9 Å². The molecule has 0 bridgehead atoms. The van der Waals surface area contributed by atoms with Crippen molar-refractivity contribution in [1.82, 2.24) is 19.4 Å². The number of fused-ring (bicyclic) bond motifs is 1. The summed E-state index contributed by atoms with van der Waals surface area (Å²) in [6, 6.07) is 12.3. The third kappa shape index (κ3) is 6.61. The van der Waals surface area contributed by atoms with Crippen LogP contribution in [0, 0.1) is 11.3 Å². The SMILES string of the molecule is C=C(F)C(=O)Nc1cc(Nc2ncc(C#N)c(-c3cn(C)c4ccccc34)n2)c(OC(F)F)cc1N(C)CCN(C)C. The molecule has 0 aliphatic heterocycles. The average Bonchev–Trinajstić information content (AvgIpc) is 3.28. The van der Waals surface area contributed by atoms with Gasteiger partial charge in [0.1, 0.15) is 6.07 Å². The molecule has 0 aliphatic carbocycles. The number of hydrogen-bond donors (Lipinski definition) is 2. The van der Waals surface area contributed by atoms with Gasteiger partial charge in [0.25, 0.3) is 5.91 Å². The van der Waals surface area contributed by atoms with Crippen molar-refractivity contribution in [3.8, 4) is 23.1 Å². The smallest absolute Gasteiger partial charge is 0.387 e. The Morgan fingerprint density at radius 2 is 1.93 bits per heavy atom. The Morgan fingerprint density at radius 1 is 1.19 bits per heavy atom. The number of para-hydroxylation sites is 1. The van der Waals surface area contributed by atoms with Gasteiger partial charge < -0.3 is 29.7 Å². The molecule has 2 heterocycles. The molecule has 0 fully saturated rings. The van der Waals surface area contributed by atoms with Gasteiger partial charge in [-0.2, -0.15) is 14.0 Å². The molecule has 0 aliphatic rings. The number of nitriles is 1. The number of carbonyl (C=O) groups is 1. The first kappa shape index (κ1) is 29.9. The number of nitrogens with zero attached hydrogens (tertiary/aromatic N) is 6. The Morgan fingerprint density at radius 3 is 2.60 bits per heavy atom. The van der Waals surface area contributed by atoms with Gasteiger partial charge in [-0.25, -0.2) is 14.4 Å². The maximum atomic E-state index is 13.6. The van der Waals surface area contributed by atoms with Crippen LogP contribution in [0.1, 0.15) is 5.56 Å². The molecule has 0 radical (unpaired) electrons. The second kappa shape index (κ2) is 12.6. The lowest BCUT2D eigenvalue weighted by Crippen LogP contribution is -2.29. The van der Waals surface area contributed by atoms with Crippen LogP contribution in [0.3, 0.4) is 0 Å². The number of rotatable bonds is 11. The molecule has 0 atom stereocenters. The average molecular weight is 579 g/mol. The quantitative estimate of drug-likeness (QED) is 0.232. The van der Waals surface area contributed by atoms with E-state index in [1.54, 1.807) is 11.9 Å². The first-order valence-corrected chi connectivity index (χ1v) is 12.7. The molecule has 0 unspecified atom stereocenters. The molecule has 0 spiro atoms. The summed E-state index contributed by atoms with van der Waals surface area (Å²) < 4.78 is 47.4. The topological polar surface area (TPSA) is 111 Å². The number of aryl methyl sites for hydroxylation is 1. The fraction of sp³-hybridized carbons (Fsp3) is 0.241. The largest absolute Gasteiger partial charge is 0.433 e. The van der Waals surface area contributed by atoms with Gasteiger partial charge in [0.2, 0.25) is 5.95 Å². The second-order valence-electron chi connectivity index (χ2n) is 9.69. The third-order valence-corrected chi connectivity index (χ3v) is 6.41. The number of benzene rings is 2. The first-order valence-electron chi connectivity index (χ1n) is 12.7. The Balaban J connectivity index is 1.82. The number of amides is 1. The molecule has 4 rings (SSSR count). The summed E-state index contributed by atoms with van der Waals surface area (Å²) in [6.45, 7) is 0.891. The Labute approximate surface area is 240 Å². The number of carbonyl (C=O) groups excluding carboxylic acids is 1. The second-order valence-corrected chi connectivity index (χ2v) is 9.69. The highest BCUT2D eigenvalue weighted by molar-refractivity contribution is 6.04. The summed E-state index contributed by atoms with van der Waals surface area (Å²) in [7, 11) is 7.29. The van der Waals surface area contributed by atoms with Crippen LogP contribution in [0.4, 0.5) is 36.2 Å². The molecule has 218 valence electrons. The molecule has 2 aromatic heterocycles. The van der Waals surface area contributed by atoms with E-state index >= 15 is 0 Å². The molecule has 2 N–H and O–H groups in total. The van der Waals surface area contributed by atoms with Gasteiger partial charge in [-0.3, -0.25) is 4.79 Å². The van der Waals surface area contributed by atoms with Crippen molar-refractivity contribution in [3.63, 3.8) is 0 Å². The lowest BCUT2D eigenvalue weighted by molar-refractivity contribution is -0.114. The highest BCUT2D eigenvalue weighted by atomic mass is 19.3. The van der Waals surface area contributed by atoms with Crippen molar-refractivity contribution < 1.29 is 22.7 Å². The zero-order chi connectivity index (χ0) is 30.6. The molecule has 0 saturated heterocycles. The summed E-state index contributed by atoms with van der Waals surface area (Å²) in [6.07, 6.45) is 3.15. The van der Waals surface area contributed by atoms with Gasteiger partial charge in [0.15, 0.2) is 11.6 Å². The summed E-state index contributed by atoms with van der Waals surface area (Å²) >= 11 is 0. The monoisotopic (exact) mass is 578 g/mol. The highest BCUT2D eigenvalue weighted by Gasteiger charge is 2.21. The molecule has 0 saturated carbocycles. The minimum Gasteiger partial charge on any atom is -0.433 e. The number of likely N-dealkylation sites (N-methyl/N-ethyl adjacent to an activating group) is 2. The van der Waals surface area contributed by atoms with Gasteiger partial charge in [0, 0.05) is 55.9 Å². The van der Waals surface area contributed by atoms with E-state index in [1.807, 2.05) is 61.1 Å². The van der Waals surface area contributed by atoms with E-state index in [2.05, 4.69) is 33.2 Å². The first-order chi connectivity index (χ1) is 20.0. The van der Waals surface area contributed by atoms with E-state index < -0.39 is 18.3 Å². The number of alkyl halides is 2. The van der Waals surface area contributed by atoms with Crippen LogP contribution in [0.5, 0.6) is 5.75 Å². The van der Waals surface area contributed by atoms with Crippen LogP contribution in [0.25, 0.3) is 22.2 Å². The predicted molar refractivity (Wildman–Crippen MR) is 156 cm³/mol. The number of hydrogen-bond acceptors (Lipinski definition) is 8. The van der Waals surface area contributed by atoms with Gasteiger partial charge in [-0.05, 0) is 26.2 Å². The van der Waals surface area contributed by atoms with Crippen LogP contribution >= 0.6 is 0 Å². The summed E-state index contributed by atoms with van der Waals surface area (Å²) in [5.41, 5.74) is 2.48. The molecule has 2 aromatic carbocycles. The normalized spacial score (nSPS) is 11.0. The predicted octanol–water partition coefficient (Wildman–Crippen LogP) is 5.27. The molecule has 4 aromatic rings. The van der Waals surface area contributed by atoms with Crippen molar-refractivity contribution in [2.45, 2.75) is 6.61 Å². The summed E-state index contributed by atoms with van der Waals surface area (Å²) in [5.74, 6) is -2.63. The van der Waals surface area contributed by atoms with E-state index in [0.29, 0.717) is 30.0 Å².